The van der Waals surface area contributed by atoms with E-state index in [1.807, 2.05) is 38.1 Å². The van der Waals surface area contributed by atoms with E-state index in [1.165, 1.54) is 0 Å². The fourth-order valence-corrected chi connectivity index (χ4v) is 3.36. The summed E-state index contributed by atoms with van der Waals surface area (Å²) in [7, 11) is 0. The first kappa shape index (κ1) is 13.5. The molecule has 0 spiro atoms. The lowest BCUT2D eigenvalue weighted by Crippen LogP contribution is -2.21. The maximum Gasteiger partial charge on any atom is 0.244 e. The van der Waals surface area contributed by atoms with Gasteiger partial charge in [-0.2, -0.15) is 5.26 Å². The number of nitrogens with one attached hydrogen (secondary N) is 2. The highest BCUT2D eigenvalue weighted by molar-refractivity contribution is 5.87. The van der Waals surface area contributed by atoms with Gasteiger partial charge in [-0.25, -0.2) is 0 Å². The molecule has 114 valence electrons. The van der Waals surface area contributed by atoms with E-state index in [9.17, 15) is 5.26 Å². The fraction of sp³-hybridized carbons (Fsp3) is 0.176. The number of aryl methyl sites for hydroxylation is 2. The Balaban J connectivity index is 2.08. The zero-order valence-corrected chi connectivity index (χ0v) is 12.8. The van der Waals surface area contributed by atoms with E-state index in [0.29, 0.717) is 11.5 Å². The van der Waals surface area contributed by atoms with E-state index in [2.05, 4.69) is 21.3 Å². The Morgan fingerprint density at radius 3 is 2.78 bits per heavy atom. The molecule has 23 heavy (non-hydrogen) atoms. The van der Waals surface area contributed by atoms with Crippen LogP contribution in [0.25, 0.3) is 10.9 Å². The number of hydrogen-bond acceptors (Lipinski definition) is 4. The van der Waals surface area contributed by atoms with Crippen molar-refractivity contribution in [1.29, 1.82) is 5.26 Å². The number of aromatic amines is 2. The first-order valence-electron chi connectivity index (χ1n) is 7.31. The van der Waals surface area contributed by atoms with Gasteiger partial charge in [0.05, 0.1) is 5.92 Å². The van der Waals surface area contributed by atoms with Crippen LogP contribution in [0.15, 0.2) is 35.7 Å². The van der Waals surface area contributed by atoms with Gasteiger partial charge in [0.1, 0.15) is 11.6 Å². The van der Waals surface area contributed by atoms with E-state index in [-0.39, 0.29) is 11.8 Å². The smallest absolute Gasteiger partial charge is 0.244 e. The molecule has 0 fully saturated rings. The monoisotopic (exact) mass is 305 g/mol. The van der Waals surface area contributed by atoms with Crippen LogP contribution in [0.4, 0.5) is 0 Å². The van der Waals surface area contributed by atoms with Gasteiger partial charge in [0.2, 0.25) is 11.8 Å². The highest BCUT2D eigenvalue weighted by Crippen LogP contribution is 2.45. The second-order valence-corrected chi connectivity index (χ2v) is 5.70. The second-order valence-electron chi connectivity index (χ2n) is 5.70. The van der Waals surface area contributed by atoms with Crippen LogP contribution in [-0.2, 0) is 0 Å². The van der Waals surface area contributed by atoms with Crippen molar-refractivity contribution in [2.75, 3.05) is 0 Å². The summed E-state index contributed by atoms with van der Waals surface area (Å²) in [5, 5.41) is 17.8. The van der Waals surface area contributed by atoms with Gasteiger partial charge >= 0.3 is 0 Å². The summed E-state index contributed by atoms with van der Waals surface area (Å²) in [6, 6.07) is 10.3. The quantitative estimate of drug-likeness (QED) is 0.643. The van der Waals surface area contributed by atoms with Crippen LogP contribution >= 0.6 is 0 Å². The number of nitrogens with zero attached hydrogens (tertiary/aromatic N) is 2. The highest BCUT2D eigenvalue weighted by atomic mass is 16.5. The van der Waals surface area contributed by atoms with Crippen LogP contribution < -0.4 is 10.5 Å². The van der Waals surface area contributed by atoms with Gasteiger partial charge in [0.15, 0.2) is 0 Å². The number of rotatable bonds is 1. The number of benzene rings is 1. The summed E-state index contributed by atoms with van der Waals surface area (Å²) in [4.78, 5) is 3.38. The van der Waals surface area contributed by atoms with E-state index in [1.54, 1.807) is 0 Å². The van der Waals surface area contributed by atoms with Crippen molar-refractivity contribution in [1.82, 2.24) is 15.2 Å². The molecule has 1 atom stereocenters. The van der Waals surface area contributed by atoms with Crippen LogP contribution in [-0.4, -0.2) is 15.2 Å². The minimum atomic E-state index is -0.293. The molecule has 0 amide bonds. The number of hydrogen-bond donors (Lipinski definition) is 3. The first-order valence-corrected chi connectivity index (χ1v) is 7.31. The summed E-state index contributed by atoms with van der Waals surface area (Å²) in [6.45, 7) is 3.92. The molecule has 0 saturated heterocycles. The third-order valence-corrected chi connectivity index (χ3v) is 4.36. The number of aromatic nitrogens is 3. The van der Waals surface area contributed by atoms with Crippen molar-refractivity contribution in [3.63, 3.8) is 0 Å². The molecule has 2 aromatic heterocycles. The van der Waals surface area contributed by atoms with Crippen molar-refractivity contribution in [3.8, 4) is 11.9 Å². The van der Waals surface area contributed by atoms with E-state index in [4.69, 9.17) is 10.5 Å². The lowest BCUT2D eigenvalue weighted by Gasteiger charge is -2.23. The Kier molecular flexibility index (Phi) is 2.72. The molecular formula is C17H15N5O. The normalized spacial score (nSPS) is 17.0. The van der Waals surface area contributed by atoms with Gasteiger partial charge in [-0.3, -0.25) is 5.10 Å². The molecule has 3 aromatic rings. The molecule has 0 radical (unpaired) electrons. The number of nitriles is 1. The molecule has 3 heterocycles. The average Bonchev–Trinajstić information content (AvgIpc) is 3.05. The largest absolute Gasteiger partial charge is 0.420 e. The molecule has 0 unspecified atom stereocenters. The minimum Gasteiger partial charge on any atom is -0.420 e. The van der Waals surface area contributed by atoms with E-state index in [0.717, 1.165) is 33.4 Å². The van der Waals surface area contributed by atoms with Gasteiger partial charge in [-0.05, 0) is 25.5 Å². The number of para-hydroxylation sites is 1. The maximum absolute atomic E-state index is 9.64. The molecule has 1 aromatic carbocycles. The van der Waals surface area contributed by atoms with Crippen LogP contribution in [0.5, 0.6) is 5.88 Å². The van der Waals surface area contributed by atoms with Crippen LogP contribution in [0, 0.1) is 25.2 Å². The van der Waals surface area contributed by atoms with E-state index < -0.39 is 0 Å². The van der Waals surface area contributed by atoms with E-state index >= 15 is 0 Å². The highest BCUT2D eigenvalue weighted by Gasteiger charge is 2.36. The van der Waals surface area contributed by atoms with Crippen molar-refractivity contribution in [2.24, 2.45) is 5.73 Å². The standard InChI is InChI=1S/C17H15N5O/c1-8-13(10-5-3-4-6-12(10)20-8)15-11(7-18)16(19)23-17-14(15)9(2)21-22-17/h3-6,15,20H,19H2,1-2H3,(H,21,22)/t15-/m0/s1. The lowest BCUT2D eigenvalue weighted by atomic mass is 9.83. The maximum atomic E-state index is 9.64. The molecule has 4 rings (SSSR count). The number of nitrogens with two attached hydrogens (primary N) is 1. The van der Waals surface area contributed by atoms with Gasteiger partial charge < -0.3 is 15.5 Å². The number of H-pyrrole nitrogens is 2. The first-order chi connectivity index (χ1) is 11.1. The molecule has 6 nitrogen and oxygen atoms in total. The molecule has 1 aliphatic rings. The van der Waals surface area contributed by atoms with Crippen LogP contribution in [0.2, 0.25) is 0 Å². The molecule has 0 aliphatic carbocycles. The Labute approximate surface area is 132 Å². The molecule has 0 bridgehead atoms. The van der Waals surface area contributed by atoms with Crippen molar-refractivity contribution in [2.45, 2.75) is 19.8 Å². The topological polar surface area (TPSA) is 104 Å². The van der Waals surface area contributed by atoms with Gasteiger partial charge in [-0.15, -0.1) is 5.10 Å². The summed E-state index contributed by atoms with van der Waals surface area (Å²) in [6.07, 6.45) is 0. The third kappa shape index (κ3) is 1.77. The summed E-state index contributed by atoms with van der Waals surface area (Å²) < 4.78 is 5.52. The molecular weight excluding hydrogens is 290 g/mol. The average molecular weight is 305 g/mol. The predicted octanol–water partition coefficient (Wildman–Crippen LogP) is 2.73. The Morgan fingerprint density at radius 2 is 2.00 bits per heavy atom. The van der Waals surface area contributed by atoms with Gasteiger partial charge in [-0.1, -0.05) is 18.2 Å². The summed E-state index contributed by atoms with van der Waals surface area (Å²) in [5.41, 5.74) is 11.2. The Bertz CT molecular complexity index is 1000. The fourth-order valence-electron chi connectivity index (χ4n) is 3.36. The van der Waals surface area contributed by atoms with Crippen LogP contribution in [0.1, 0.15) is 28.4 Å². The number of allylic oxidation sites excluding steroid dienone is 1. The van der Waals surface area contributed by atoms with Crippen molar-refractivity contribution >= 4 is 10.9 Å². The number of ether oxygens (including phenoxy) is 1. The predicted molar refractivity (Wildman–Crippen MR) is 85.7 cm³/mol. The molecule has 4 N–H and O–H groups in total. The minimum absolute atomic E-state index is 0.112. The zero-order valence-electron chi connectivity index (χ0n) is 12.8. The van der Waals surface area contributed by atoms with Gasteiger partial charge in [0, 0.05) is 27.9 Å². The third-order valence-electron chi connectivity index (χ3n) is 4.36. The van der Waals surface area contributed by atoms with Crippen LogP contribution in [0.3, 0.4) is 0 Å². The number of fused-ring (bicyclic) bond motifs is 2. The van der Waals surface area contributed by atoms with Crippen molar-refractivity contribution < 1.29 is 4.74 Å². The zero-order chi connectivity index (χ0) is 16.1. The van der Waals surface area contributed by atoms with Crippen molar-refractivity contribution in [3.05, 3.63) is 58.2 Å². The summed E-state index contributed by atoms with van der Waals surface area (Å²) >= 11 is 0. The molecule has 0 saturated carbocycles. The summed E-state index contributed by atoms with van der Waals surface area (Å²) in [5.74, 6) is 0.258. The lowest BCUT2D eigenvalue weighted by molar-refractivity contribution is 0.379. The molecule has 6 heteroatoms. The second kappa shape index (κ2) is 4.65. The Morgan fingerprint density at radius 1 is 1.22 bits per heavy atom. The SMILES string of the molecule is Cc1[nH]nc2c1[C@H](c1c(C)[nH]c3ccccc13)C(C#N)=C(N)O2. The molecule has 1 aliphatic heterocycles. The Hall–Kier alpha value is -3.20. The van der Waals surface area contributed by atoms with Gasteiger partial charge in [0.25, 0.3) is 0 Å².